The van der Waals surface area contributed by atoms with E-state index in [1.54, 1.807) is 19.9 Å². The summed E-state index contributed by atoms with van der Waals surface area (Å²) in [5.41, 5.74) is 11.5. The van der Waals surface area contributed by atoms with Gasteiger partial charge in [-0.1, -0.05) is 11.8 Å². The molecule has 96 valence electrons. The topological polar surface area (TPSA) is 119 Å². The highest BCUT2D eigenvalue weighted by atomic mass is 32.2. The number of nitrogens with zero attached hydrogens (tertiary/aromatic N) is 1. The van der Waals surface area contributed by atoms with Crippen molar-refractivity contribution in [2.75, 3.05) is 0 Å². The molecule has 2 rings (SSSR count). The molecule has 6 nitrogen and oxygen atoms in total. The number of carbonyl (C=O) groups is 2. The molecule has 2 atom stereocenters. The highest BCUT2D eigenvalue weighted by Gasteiger charge is 2.54. The zero-order valence-electron chi connectivity index (χ0n) is 9.93. The number of carboxylic acids is 1. The molecule has 5 N–H and O–H groups in total. The van der Waals surface area contributed by atoms with Gasteiger partial charge in [-0.15, -0.1) is 0 Å². The summed E-state index contributed by atoms with van der Waals surface area (Å²) in [6.45, 7) is 3.56. The second-order valence-electron chi connectivity index (χ2n) is 4.33. The van der Waals surface area contributed by atoms with Crippen LogP contribution >= 0.6 is 11.8 Å². The minimum Gasteiger partial charge on any atom is -0.480 e. The normalized spacial score (nSPS) is 25.8. The van der Waals surface area contributed by atoms with Crippen LogP contribution in [0.4, 0.5) is 0 Å². The summed E-state index contributed by atoms with van der Waals surface area (Å²) in [6, 6.07) is 1.76. The summed E-state index contributed by atoms with van der Waals surface area (Å²) in [5, 5.41) is 8.53. The molecule has 1 aliphatic heterocycles. The van der Waals surface area contributed by atoms with E-state index in [0.29, 0.717) is 10.6 Å². The van der Waals surface area contributed by atoms with E-state index in [0.717, 1.165) is 23.0 Å². The number of hydrogen-bond donors (Lipinski definition) is 3. The molecule has 0 fully saturated rings. The largest absolute Gasteiger partial charge is 0.480 e. The summed E-state index contributed by atoms with van der Waals surface area (Å²) in [5.74, 6) is -2.02. The van der Waals surface area contributed by atoms with Crippen molar-refractivity contribution in [3.63, 3.8) is 0 Å². The Labute approximate surface area is 108 Å². The molecule has 18 heavy (non-hydrogen) atoms. The van der Waals surface area contributed by atoms with Crippen molar-refractivity contribution >= 4 is 23.6 Å². The molecule has 1 aromatic heterocycles. The number of carbonyl (C=O) groups excluding carboxylic acids is 1. The number of aromatic nitrogens is 1. The number of aryl methyl sites for hydroxylation is 2. The van der Waals surface area contributed by atoms with Crippen LogP contribution in [-0.2, 0) is 15.1 Å². The summed E-state index contributed by atoms with van der Waals surface area (Å²) in [6.07, 6.45) is 0. The van der Waals surface area contributed by atoms with Gasteiger partial charge in [0.15, 0.2) is 0 Å². The van der Waals surface area contributed by atoms with E-state index in [1.165, 1.54) is 0 Å². The van der Waals surface area contributed by atoms with Crippen LogP contribution in [0.1, 0.15) is 16.8 Å². The standard InChI is InChI=1S/C11H13N3O3S/c1-4-3-5(2)14-8-6(4)11(13,10(12)17)7(18-8)9(15)16/h3,7H,13H2,1-2H3,(H2,12,17)(H,15,16)/t7-,11+/m1/s1. The quantitative estimate of drug-likeness (QED) is 0.688. The predicted octanol–water partition coefficient (Wildman–Crippen LogP) is -0.103. The Kier molecular flexibility index (Phi) is 2.83. The van der Waals surface area contributed by atoms with Gasteiger partial charge < -0.3 is 16.6 Å². The highest BCUT2D eigenvalue weighted by Crippen LogP contribution is 2.47. The number of aliphatic carboxylic acids is 1. The van der Waals surface area contributed by atoms with E-state index in [1.807, 2.05) is 0 Å². The lowest BCUT2D eigenvalue weighted by atomic mass is 9.85. The van der Waals surface area contributed by atoms with E-state index >= 15 is 0 Å². The third-order valence-corrected chi connectivity index (χ3v) is 4.33. The minimum atomic E-state index is -1.71. The van der Waals surface area contributed by atoms with Crippen LogP contribution in [0, 0.1) is 13.8 Å². The van der Waals surface area contributed by atoms with Gasteiger partial charge in [0.1, 0.15) is 15.8 Å². The summed E-state index contributed by atoms with van der Waals surface area (Å²) >= 11 is 0.971. The second-order valence-corrected chi connectivity index (χ2v) is 5.42. The number of nitrogens with two attached hydrogens (primary N) is 2. The number of rotatable bonds is 2. The summed E-state index contributed by atoms with van der Waals surface area (Å²) in [7, 11) is 0. The van der Waals surface area contributed by atoms with Crippen molar-refractivity contribution < 1.29 is 14.7 Å². The van der Waals surface area contributed by atoms with Crippen LogP contribution in [0.15, 0.2) is 11.1 Å². The second kappa shape index (κ2) is 3.96. The maximum absolute atomic E-state index is 11.6. The molecule has 0 bridgehead atoms. The lowest BCUT2D eigenvalue weighted by Crippen LogP contribution is -2.56. The first kappa shape index (κ1) is 12.8. The first-order valence-corrected chi connectivity index (χ1v) is 6.13. The molecule has 0 spiro atoms. The van der Waals surface area contributed by atoms with Gasteiger partial charge in [0.05, 0.1) is 0 Å². The third kappa shape index (κ3) is 1.58. The number of fused-ring (bicyclic) bond motifs is 1. The Hall–Kier alpha value is -1.60. The first-order chi connectivity index (χ1) is 8.28. The molecule has 1 amide bonds. The molecule has 0 aliphatic carbocycles. The van der Waals surface area contributed by atoms with Gasteiger partial charge in [0, 0.05) is 11.3 Å². The van der Waals surface area contributed by atoms with Crippen LogP contribution in [0.25, 0.3) is 0 Å². The van der Waals surface area contributed by atoms with Crippen LogP contribution in [-0.4, -0.2) is 27.2 Å². The van der Waals surface area contributed by atoms with Crippen molar-refractivity contribution in [3.05, 3.63) is 22.9 Å². The number of amides is 1. The molecule has 0 saturated heterocycles. The van der Waals surface area contributed by atoms with Gasteiger partial charge in [-0.3, -0.25) is 9.59 Å². The summed E-state index contributed by atoms with van der Waals surface area (Å²) < 4.78 is 0. The number of thioether (sulfide) groups is 1. The molecule has 2 heterocycles. The molecule has 0 aromatic carbocycles. The third-order valence-electron chi connectivity index (χ3n) is 3.00. The van der Waals surface area contributed by atoms with Crippen molar-refractivity contribution in [2.45, 2.75) is 29.7 Å². The summed E-state index contributed by atoms with van der Waals surface area (Å²) in [4.78, 5) is 27.1. The van der Waals surface area contributed by atoms with Gasteiger partial charge in [-0.2, -0.15) is 0 Å². The fourth-order valence-corrected chi connectivity index (χ4v) is 3.61. The van der Waals surface area contributed by atoms with Crippen LogP contribution in [0.3, 0.4) is 0 Å². The van der Waals surface area contributed by atoms with Gasteiger partial charge in [0.2, 0.25) is 5.91 Å². The van der Waals surface area contributed by atoms with E-state index in [2.05, 4.69) is 4.98 Å². The number of primary amides is 1. The van der Waals surface area contributed by atoms with Crippen molar-refractivity contribution in [1.82, 2.24) is 4.98 Å². The molecule has 0 saturated carbocycles. The Morgan fingerprint density at radius 2 is 2.11 bits per heavy atom. The smallest absolute Gasteiger partial charge is 0.319 e. The maximum Gasteiger partial charge on any atom is 0.319 e. The highest BCUT2D eigenvalue weighted by molar-refractivity contribution is 8.01. The molecular weight excluding hydrogens is 254 g/mol. The lowest BCUT2D eigenvalue weighted by Gasteiger charge is -2.26. The fourth-order valence-electron chi connectivity index (χ4n) is 2.22. The zero-order chi connectivity index (χ0) is 13.7. The van der Waals surface area contributed by atoms with E-state index < -0.39 is 22.7 Å². The average Bonchev–Trinajstić information content (AvgIpc) is 2.53. The first-order valence-electron chi connectivity index (χ1n) is 5.25. The molecule has 0 unspecified atom stereocenters. The minimum absolute atomic E-state index is 0.429. The molecule has 1 aromatic rings. The van der Waals surface area contributed by atoms with Gasteiger partial charge in [-0.25, -0.2) is 4.98 Å². The van der Waals surface area contributed by atoms with E-state index in [4.69, 9.17) is 11.5 Å². The Bertz CT molecular complexity index is 561. The number of carboxylic acid groups (broad SMARTS) is 1. The Morgan fingerprint density at radius 3 is 2.61 bits per heavy atom. The molecule has 7 heteroatoms. The van der Waals surface area contributed by atoms with Gasteiger partial charge in [0.25, 0.3) is 0 Å². The van der Waals surface area contributed by atoms with Crippen molar-refractivity contribution in [1.29, 1.82) is 0 Å². The molecular formula is C11H13N3O3S. The van der Waals surface area contributed by atoms with Crippen LogP contribution in [0.2, 0.25) is 0 Å². The van der Waals surface area contributed by atoms with Crippen molar-refractivity contribution in [3.8, 4) is 0 Å². The predicted molar refractivity (Wildman–Crippen MR) is 66.1 cm³/mol. The van der Waals surface area contributed by atoms with Crippen LogP contribution < -0.4 is 11.5 Å². The molecule has 0 radical (unpaired) electrons. The van der Waals surface area contributed by atoms with Crippen molar-refractivity contribution in [2.24, 2.45) is 11.5 Å². The lowest BCUT2D eigenvalue weighted by molar-refractivity contribution is -0.140. The van der Waals surface area contributed by atoms with Crippen LogP contribution in [0.5, 0.6) is 0 Å². The molecule has 1 aliphatic rings. The monoisotopic (exact) mass is 267 g/mol. The maximum atomic E-state index is 11.6. The number of pyridine rings is 1. The SMILES string of the molecule is Cc1cc(C)c2c(n1)S[C@H](C(=O)O)[C@]2(N)C(N)=O. The van der Waals surface area contributed by atoms with Gasteiger partial charge in [-0.05, 0) is 25.5 Å². The number of hydrogen-bond acceptors (Lipinski definition) is 5. The average molecular weight is 267 g/mol. The van der Waals surface area contributed by atoms with E-state index in [9.17, 15) is 14.7 Å². The van der Waals surface area contributed by atoms with E-state index in [-0.39, 0.29) is 0 Å². The fraction of sp³-hybridized carbons (Fsp3) is 0.364. The zero-order valence-corrected chi connectivity index (χ0v) is 10.7. The van der Waals surface area contributed by atoms with Gasteiger partial charge >= 0.3 is 5.97 Å². The Balaban J connectivity index is 2.72. The Morgan fingerprint density at radius 1 is 1.50 bits per heavy atom.